The molecule has 3 rings (SSSR count). The Morgan fingerprint density at radius 3 is 2.25 bits per heavy atom. The fraction of sp³-hybridized carbons (Fsp3) is 0.188. The highest BCUT2D eigenvalue weighted by molar-refractivity contribution is 5.76. The topological polar surface area (TPSA) is 74.7 Å². The van der Waals surface area contributed by atoms with Gasteiger partial charge in [0.15, 0.2) is 0 Å². The predicted octanol–water partition coefficient (Wildman–Crippen LogP) is 2.52. The van der Waals surface area contributed by atoms with Crippen LogP contribution in [0.25, 0.3) is 11.0 Å². The van der Waals surface area contributed by atoms with Gasteiger partial charge < -0.3 is 15.7 Å². The predicted molar refractivity (Wildman–Crippen MR) is 80.9 cm³/mol. The third kappa shape index (κ3) is 2.14. The lowest BCUT2D eigenvalue weighted by Crippen LogP contribution is -2.13. The van der Waals surface area contributed by atoms with E-state index in [0.717, 1.165) is 27.7 Å². The molecule has 0 aliphatic rings. The van der Waals surface area contributed by atoms with Gasteiger partial charge >= 0.3 is 5.69 Å². The van der Waals surface area contributed by atoms with Gasteiger partial charge in [-0.2, -0.15) is 0 Å². The molecule has 4 heteroatoms. The molecule has 20 heavy (non-hydrogen) atoms. The van der Waals surface area contributed by atoms with Gasteiger partial charge in [0.25, 0.3) is 0 Å². The van der Waals surface area contributed by atoms with E-state index in [1.807, 2.05) is 31.2 Å². The van der Waals surface area contributed by atoms with Crippen molar-refractivity contribution in [2.45, 2.75) is 19.9 Å². The monoisotopic (exact) mass is 267 g/mol. The normalized spacial score (nSPS) is 12.8. The van der Waals surface area contributed by atoms with Crippen LogP contribution >= 0.6 is 0 Å². The van der Waals surface area contributed by atoms with Crippen molar-refractivity contribution in [1.29, 1.82) is 0 Å². The maximum absolute atomic E-state index is 11.3. The number of hydrogen-bond acceptors (Lipinski definition) is 2. The molecule has 4 nitrogen and oxygen atoms in total. The standard InChI is InChI=1S/C16H17N3O/c1-9-3-5-11(6-4-9)15(17)12-8-14-13(7-10(12)2)18-16(20)19-14/h3-8,15H,17H2,1-2H3,(H2,18,19,20). The van der Waals surface area contributed by atoms with E-state index in [9.17, 15) is 4.79 Å². The van der Waals surface area contributed by atoms with Crippen molar-refractivity contribution < 1.29 is 0 Å². The highest BCUT2D eigenvalue weighted by Gasteiger charge is 2.13. The van der Waals surface area contributed by atoms with Crippen LogP contribution in [-0.4, -0.2) is 9.97 Å². The van der Waals surface area contributed by atoms with Gasteiger partial charge in [-0.3, -0.25) is 0 Å². The van der Waals surface area contributed by atoms with Crippen LogP contribution in [0.1, 0.15) is 28.3 Å². The molecule has 102 valence electrons. The second-order valence-electron chi connectivity index (χ2n) is 5.22. The lowest BCUT2D eigenvalue weighted by atomic mass is 9.95. The third-order valence-corrected chi connectivity index (χ3v) is 3.67. The smallest absolute Gasteiger partial charge is 0.320 e. The Balaban J connectivity index is 2.10. The molecule has 3 aromatic rings. The van der Waals surface area contributed by atoms with E-state index in [2.05, 4.69) is 29.0 Å². The van der Waals surface area contributed by atoms with Gasteiger partial charge in [0.1, 0.15) is 0 Å². The second kappa shape index (κ2) is 4.65. The summed E-state index contributed by atoms with van der Waals surface area (Å²) in [4.78, 5) is 16.9. The number of aryl methyl sites for hydroxylation is 2. The van der Waals surface area contributed by atoms with Gasteiger partial charge in [-0.15, -0.1) is 0 Å². The van der Waals surface area contributed by atoms with E-state index >= 15 is 0 Å². The van der Waals surface area contributed by atoms with Gasteiger partial charge in [-0.05, 0) is 42.7 Å². The van der Waals surface area contributed by atoms with E-state index in [0.29, 0.717) is 0 Å². The molecule has 0 bridgehead atoms. The zero-order valence-electron chi connectivity index (χ0n) is 11.5. The van der Waals surface area contributed by atoms with Crippen molar-refractivity contribution in [3.63, 3.8) is 0 Å². The van der Waals surface area contributed by atoms with Crippen LogP contribution in [0.5, 0.6) is 0 Å². The number of nitrogens with one attached hydrogen (secondary N) is 2. The zero-order valence-corrected chi connectivity index (χ0v) is 11.5. The number of benzene rings is 2. The van der Waals surface area contributed by atoms with Gasteiger partial charge in [0.05, 0.1) is 17.1 Å². The minimum absolute atomic E-state index is 0.194. The molecular weight excluding hydrogens is 250 g/mol. The molecule has 0 aliphatic carbocycles. The van der Waals surface area contributed by atoms with Gasteiger partial charge in [-0.25, -0.2) is 4.79 Å². The van der Waals surface area contributed by atoms with Crippen LogP contribution in [0.15, 0.2) is 41.2 Å². The first kappa shape index (κ1) is 12.7. The molecular formula is C16H17N3O. The van der Waals surface area contributed by atoms with E-state index in [-0.39, 0.29) is 11.7 Å². The Morgan fingerprint density at radius 2 is 1.60 bits per heavy atom. The second-order valence-corrected chi connectivity index (χ2v) is 5.22. The fourth-order valence-corrected chi connectivity index (χ4v) is 2.50. The molecule has 0 aliphatic heterocycles. The number of fused-ring (bicyclic) bond motifs is 1. The van der Waals surface area contributed by atoms with Crippen molar-refractivity contribution >= 4 is 11.0 Å². The Labute approximate surface area is 116 Å². The molecule has 0 fully saturated rings. The average Bonchev–Trinajstić information content (AvgIpc) is 2.77. The summed E-state index contributed by atoms with van der Waals surface area (Å²) in [6, 6.07) is 11.9. The van der Waals surface area contributed by atoms with Crippen LogP contribution in [-0.2, 0) is 0 Å². The molecule has 0 spiro atoms. The summed E-state index contributed by atoms with van der Waals surface area (Å²) in [5.41, 5.74) is 12.1. The number of rotatable bonds is 2. The maximum Gasteiger partial charge on any atom is 0.323 e. The molecule has 2 aromatic carbocycles. The summed E-state index contributed by atoms with van der Waals surface area (Å²) in [5.74, 6) is 0. The van der Waals surface area contributed by atoms with Crippen molar-refractivity contribution in [3.05, 3.63) is 69.1 Å². The van der Waals surface area contributed by atoms with Crippen LogP contribution in [0, 0.1) is 13.8 Å². The zero-order chi connectivity index (χ0) is 14.3. The minimum Gasteiger partial charge on any atom is -0.320 e. The molecule has 1 heterocycles. The number of hydrogen-bond donors (Lipinski definition) is 3. The summed E-state index contributed by atoms with van der Waals surface area (Å²) in [6.45, 7) is 4.06. The first-order chi connectivity index (χ1) is 9.54. The van der Waals surface area contributed by atoms with E-state index in [1.165, 1.54) is 5.56 Å². The Morgan fingerprint density at radius 1 is 1.00 bits per heavy atom. The fourth-order valence-electron chi connectivity index (χ4n) is 2.50. The van der Waals surface area contributed by atoms with Gasteiger partial charge in [0, 0.05) is 0 Å². The van der Waals surface area contributed by atoms with Crippen LogP contribution in [0.3, 0.4) is 0 Å². The van der Waals surface area contributed by atoms with E-state index < -0.39 is 0 Å². The molecule has 1 aromatic heterocycles. The number of aromatic amines is 2. The van der Waals surface area contributed by atoms with Gasteiger partial charge in [0.2, 0.25) is 0 Å². The highest BCUT2D eigenvalue weighted by atomic mass is 16.1. The van der Waals surface area contributed by atoms with Crippen molar-refractivity contribution in [1.82, 2.24) is 9.97 Å². The molecule has 0 saturated carbocycles. The Hall–Kier alpha value is -2.33. The quantitative estimate of drug-likeness (QED) is 0.667. The lowest BCUT2D eigenvalue weighted by molar-refractivity contribution is 0.863. The summed E-state index contributed by atoms with van der Waals surface area (Å²) in [5, 5.41) is 0. The summed E-state index contributed by atoms with van der Waals surface area (Å²) in [7, 11) is 0. The largest absolute Gasteiger partial charge is 0.323 e. The molecule has 0 amide bonds. The molecule has 4 N–H and O–H groups in total. The summed E-state index contributed by atoms with van der Waals surface area (Å²) < 4.78 is 0. The lowest BCUT2D eigenvalue weighted by Gasteiger charge is -2.15. The Kier molecular flexibility index (Phi) is 2.95. The number of nitrogens with two attached hydrogens (primary N) is 1. The molecule has 0 radical (unpaired) electrons. The van der Waals surface area contributed by atoms with Gasteiger partial charge in [-0.1, -0.05) is 29.8 Å². The highest BCUT2D eigenvalue weighted by Crippen LogP contribution is 2.25. The number of aromatic nitrogens is 2. The maximum atomic E-state index is 11.3. The summed E-state index contributed by atoms with van der Waals surface area (Å²) in [6.07, 6.45) is 0. The van der Waals surface area contributed by atoms with E-state index in [1.54, 1.807) is 0 Å². The third-order valence-electron chi connectivity index (χ3n) is 3.67. The average molecular weight is 267 g/mol. The number of imidazole rings is 1. The SMILES string of the molecule is Cc1ccc(C(N)c2cc3[nH]c(=O)[nH]c3cc2C)cc1. The van der Waals surface area contributed by atoms with Crippen molar-refractivity contribution in [2.24, 2.45) is 5.73 Å². The van der Waals surface area contributed by atoms with Crippen LogP contribution in [0.2, 0.25) is 0 Å². The first-order valence-electron chi connectivity index (χ1n) is 6.59. The van der Waals surface area contributed by atoms with Crippen molar-refractivity contribution in [2.75, 3.05) is 0 Å². The Bertz CT molecular complexity index is 812. The van der Waals surface area contributed by atoms with E-state index in [4.69, 9.17) is 5.73 Å². The molecule has 1 unspecified atom stereocenters. The van der Waals surface area contributed by atoms with Crippen LogP contribution < -0.4 is 11.4 Å². The molecule has 1 atom stereocenters. The number of H-pyrrole nitrogens is 2. The van der Waals surface area contributed by atoms with Crippen molar-refractivity contribution in [3.8, 4) is 0 Å². The van der Waals surface area contributed by atoms with Crippen LogP contribution in [0.4, 0.5) is 0 Å². The minimum atomic E-state index is -0.196. The first-order valence-corrected chi connectivity index (χ1v) is 6.59. The summed E-state index contributed by atoms with van der Waals surface area (Å²) >= 11 is 0. The molecule has 0 saturated heterocycles.